The topological polar surface area (TPSA) is 46.5 Å². The quantitative estimate of drug-likeness (QED) is 0.390. The number of carbonyl (C=O) groups is 1. The molecule has 1 aliphatic carbocycles. The summed E-state index contributed by atoms with van der Waals surface area (Å²) in [5.41, 5.74) is 0. The highest BCUT2D eigenvalue weighted by atomic mass is 32.2. The maximum Gasteiger partial charge on any atom is 0.304 e. The second-order valence-electron chi connectivity index (χ2n) is 8.13. The number of aliphatic carboxylic acids is 1. The fourth-order valence-electron chi connectivity index (χ4n) is 4.05. The number of hydrogen-bond acceptors (Lipinski definition) is 3. The van der Waals surface area contributed by atoms with Gasteiger partial charge >= 0.3 is 5.97 Å². The van der Waals surface area contributed by atoms with Crippen molar-refractivity contribution >= 4 is 17.7 Å². The number of ether oxygens (including phenoxy) is 1. The molecule has 1 fully saturated rings. The first kappa shape index (κ1) is 22.0. The fourth-order valence-corrected chi connectivity index (χ4v) is 5.27. The molecule has 0 heterocycles. The van der Waals surface area contributed by atoms with Crippen molar-refractivity contribution in [2.24, 2.45) is 17.8 Å². The van der Waals surface area contributed by atoms with Crippen molar-refractivity contribution in [2.45, 2.75) is 75.2 Å². The normalized spacial score (nSPS) is 25.1. The highest BCUT2D eigenvalue weighted by Gasteiger charge is 2.35. The minimum absolute atomic E-state index is 0.0900. The molecule has 0 saturated heterocycles. The fraction of sp³-hybridized carbons (Fsp3) is 0.609. The molecule has 4 heteroatoms. The minimum Gasteiger partial charge on any atom is -0.481 e. The smallest absolute Gasteiger partial charge is 0.304 e. The highest BCUT2D eigenvalue weighted by Crippen LogP contribution is 2.38. The molecule has 1 aromatic rings. The van der Waals surface area contributed by atoms with E-state index in [-0.39, 0.29) is 23.9 Å². The lowest BCUT2D eigenvalue weighted by Crippen LogP contribution is -2.40. The van der Waals surface area contributed by atoms with E-state index in [1.54, 1.807) is 11.8 Å². The Balaban J connectivity index is 2.18. The summed E-state index contributed by atoms with van der Waals surface area (Å²) in [6.07, 6.45) is 6.20. The van der Waals surface area contributed by atoms with Crippen LogP contribution in [0.4, 0.5) is 0 Å². The molecule has 3 nitrogen and oxygen atoms in total. The molecule has 1 saturated carbocycles. The first-order valence-corrected chi connectivity index (χ1v) is 11.0. The van der Waals surface area contributed by atoms with Crippen LogP contribution in [-0.4, -0.2) is 28.5 Å². The monoisotopic (exact) mass is 390 g/mol. The Kier molecular flexibility index (Phi) is 8.91. The number of hydrogen-bond donors (Lipinski definition) is 1. The van der Waals surface area contributed by atoms with E-state index in [0.29, 0.717) is 24.2 Å². The molecule has 0 spiro atoms. The summed E-state index contributed by atoms with van der Waals surface area (Å²) in [4.78, 5) is 12.6. The number of carboxylic acids is 1. The van der Waals surface area contributed by atoms with Gasteiger partial charge in [0.25, 0.3) is 0 Å². The van der Waals surface area contributed by atoms with Crippen LogP contribution in [0.15, 0.2) is 47.9 Å². The third kappa shape index (κ3) is 7.00. The van der Waals surface area contributed by atoms with Gasteiger partial charge in [0.15, 0.2) is 0 Å². The van der Waals surface area contributed by atoms with Crippen molar-refractivity contribution in [1.29, 1.82) is 0 Å². The van der Waals surface area contributed by atoms with Gasteiger partial charge in [-0.05, 0) is 49.1 Å². The van der Waals surface area contributed by atoms with Crippen LogP contribution in [0.5, 0.6) is 0 Å². The van der Waals surface area contributed by atoms with Crippen LogP contribution in [0.1, 0.15) is 52.9 Å². The van der Waals surface area contributed by atoms with Gasteiger partial charge < -0.3 is 9.84 Å². The van der Waals surface area contributed by atoms with E-state index in [2.05, 4.69) is 27.4 Å². The number of thioether (sulfide) groups is 1. The average Bonchev–Trinajstić information content (AvgIpc) is 2.61. The summed E-state index contributed by atoms with van der Waals surface area (Å²) in [6.45, 7) is 10.7. The van der Waals surface area contributed by atoms with Gasteiger partial charge in [-0.25, -0.2) is 0 Å². The molecule has 1 aromatic carbocycles. The van der Waals surface area contributed by atoms with Crippen LogP contribution in [0.3, 0.4) is 0 Å². The molecular weight excluding hydrogens is 356 g/mol. The first-order valence-electron chi connectivity index (χ1n) is 10.1. The van der Waals surface area contributed by atoms with Crippen LogP contribution in [0, 0.1) is 17.8 Å². The van der Waals surface area contributed by atoms with Crippen LogP contribution in [0.25, 0.3) is 0 Å². The first-order chi connectivity index (χ1) is 12.9. The molecule has 0 bridgehead atoms. The zero-order chi connectivity index (χ0) is 19.8. The standard InChI is InChI=1S/C23H34O3S/c1-5-9-20(26-21-14-17(4)12-13-19(21)16(2)3)22(15-23(24)25)27-18-10-7-6-8-11-18/h5-8,10-11,16-17,19-22H,1,9,12-15H2,2-4H3,(H,24,25)/t17-,19+,20+,21-,22-/m1/s1. The summed E-state index contributed by atoms with van der Waals surface area (Å²) in [5, 5.41) is 9.34. The molecule has 1 aliphatic rings. The second kappa shape index (κ2) is 10.9. The van der Waals surface area contributed by atoms with Crippen molar-refractivity contribution in [1.82, 2.24) is 0 Å². The van der Waals surface area contributed by atoms with Crippen molar-refractivity contribution in [3.05, 3.63) is 43.0 Å². The van der Waals surface area contributed by atoms with E-state index in [0.717, 1.165) is 11.3 Å². The van der Waals surface area contributed by atoms with Gasteiger partial charge in [-0.15, -0.1) is 18.3 Å². The van der Waals surface area contributed by atoms with Gasteiger partial charge in [-0.1, -0.05) is 51.5 Å². The Bertz CT molecular complexity index is 587. The van der Waals surface area contributed by atoms with E-state index < -0.39 is 5.97 Å². The van der Waals surface area contributed by atoms with Crippen LogP contribution in [0.2, 0.25) is 0 Å². The molecule has 0 radical (unpaired) electrons. The maximum absolute atomic E-state index is 11.5. The molecule has 150 valence electrons. The maximum atomic E-state index is 11.5. The van der Waals surface area contributed by atoms with Crippen molar-refractivity contribution < 1.29 is 14.6 Å². The molecule has 0 aliphatic heterocycles. The van der Waals surface area contributed by atoms with Gasteiger partial charge in [0.1, 0.15) is 0 Å². The Morgan fingerprint density at radius 1 is 1.33 bits per heavy atom. The van der Waals surface area contributed by atoms with E-state index in [1.165, 1.54) is 12.8 Å². The Labute approximate surface area is 168 Å². The molecular formula is C23H34O3S. The Morgan fingerprint density at radius 2 is 2.04 bits per heavy atom. The third-order valence-corrected chi connectivity index (χ3v) is 6.85. The predicted octanol–water partition coefficient (Wildman–Crippen LogP) is 6.04. The van der Waals surface area contributed by atoms with Gasteiger partial charge in [0.2, 0.25) is 0 Å². The van der Waals surface area contributed by atoms with E-state index >= 15 is 0 Å². The van der Waals surface area contributed by atoms with E-state index in [9.17, 15) is 9.90 Å². The molecule has 2 rings (SSSR count). The van der Waals surface area contributed by atoms with Crippen LogP contribution < -0.4 is 0 Å². The van der Waals surface area contributed by atoms with Crippen LogP contribution in [-0.2, 0) is 9.53 Å². The lowest BCUT2D eigenvalue weighted by molar-refractivity contribution is -0.138. The third-order valence-electron chi connectivity index (χ3n) is 5.53. The van der Waals surface area contributed by atoms with Gasteiger partial charge in [0, 0.05) is 10.1 Å². The van der Waals surface area contributed by atoms with Crippen molar-refractivity contribution in [2.75, 3.05) is 0 Å². The summed E-state index contributed by atoms with van der Waals surface area (Å²) < 4.78 is 6.66. The predicted molar refractivity (Wildman–Crippen MR) is 113 cm³/mol. The number of carboxylic acid groups (broad SMARTS) is 1. The lowest BCUT2D eigenvalue weighted by atomic mass is 9.75. The largest absolute Gasteiger partial charge is 0.481 e. The van der Waals surface area contributed by atoms with Crippen molar-refractivity contribution in [3.8, 4) is 0 Å². The SMILES string of the molecule is C=CC[C@H](O[C@@H]1C[C@H](C)CC[C@H]1C(C)C)[C@@H](CC(=O)O)Sc1ccccc1. The lowest BCUT2D eigenvalue weighted by Gasteiger charge is -2.40. The number of rotatable bonds is 10. The summed E-state index contributed by atoms with van der Waals surface area (Å²) in [7, 11) is 0. The highest BCUT2D eigenvalue weighted by molar-refractivity contribution is 8.00. The molecule has 0 unspecified atom stereocenters. The second-order valence-corrected chi connectivity index (χ2v) is 9.44. The minimum atomic E-state index is -0.779. The Morgan fingerprint density at radius 3 is 2.63 bits per heavy atom. The molecule has 5 atom stereocenters. The zero-order valence-corrected chi connectivity index (χ0v) is 17.7. The van der Waals surface area contributed by atoms with E-state index in [4.69, 9.17) is 4.74 Å². The molecule has 0 aromatic heterocycles. The number of benzene rings is 1. The zero-order valence-electron chi connectivity index (χ0n) is 16.8. The van der Waals surface area contributed by atoms with Gasteiger partial charge in [-0.3, -0.25) is 4.79 Å². The molecule has 27 heavy (non-hydrogen) atoms. The van der Waals surface area contributed by atoms with Gasteiger partial charge in [0.05, 0.1) is 18.6 Å². The summed E-state index contributed by atoms with van der Waals surface area (Å²) >= 11 is 1.61. The van der Waals surface area contributed by atoms with Gasteiger partial charge in [-0.2, -0.15) is 0 Å². The van der Waals surface area contributed by atoms with Crippen LogP contribution >= 0.6 is 11.8 Å². The Hall–Kier alpha value is -1.26. The average molecular weight is 391 g/mol. The molecule has 0 amide bonds. The summed E-state index contributed by atoms with van der Waals surface area (Å²) in [6, 6.07) is 10.0. The summed E-state index contributed by atoms with van der Waals surface area (Å²) in [5.74, 6) is 1.000. The van der Waals surface area contributed by atoms with E-state index in [1.807, 2.05) is 36.4 Å². The molecule has 1 N–H and O–H groups in total. The van der Waals surface area contributed by atoms with Crippen molar-refractivity contribution in [3.63, 3.8) is 0 Å².